The van der Waals surface area contributed by atoms with Gasteiger partial charge in [0.2, 0.25) is 10.0 Å². The topological polar surface area (TPSA) is 40.6 Å². The van der Waals surface area contributed by atoms with Crippen LogP contribution in [0.25, 0.3) is 0 Å². The standard InChI is InChI=1S/C12H24N2O2S/c1-11-3-5-12(6-4-11)17(15,16)14-9-7-13(2)8-10-14/h11-12H,3-10H2,1-2H3. The van der Waals surface area contributed by atoms with Crippen LogP contribution in [0, 0.1) is 5.92 Å². The van der Waals surface area contributed by atoms with Crippen LogP contribution in [0.2, 0.25) is 0 Å². The molecule has 2 rings (SSSR count). The van der Waals surface area contributed by atoms with E-state index in [-0.39, 0.29) is 5.25 Å². The summed E-state index contributed by atoms with van der Waals surface area (Å²) in [6, 6.07) is 0. The quantitative estimate of drug-likeness (QED) is 0.747. The minimum Gasteiger partial charge on any atom is -0.304 e. The van der Waals surface area contributed by atoms with Gasteiger partial charge in [-0.2, -0.15) is 4.31 Å². The monoisotopic (exact) mass is 260 g/mol. The van der Waals surface area contributed by atoms with Crippen LogP contribution in [0.5, 0.6) is 0 Å². The van der Waals surface area contributed by atoms with Gasteiger partial charge in [-0.15, -0.1) is 0 Å². The van der Waals surface area contributed by atoms with Crippen molar-refractivity contribution in [1.82, 2.24) is 9.21 Å². The number of piperazine rings is 1. The van der Waals surface area contributed by atoms with Gasteiger partial charge >= 0.3 is 0 Å². The van der Waals surface area contributed by atoms with Crippen molar-refractivity contribution in [3.8, 4) is 0 Å². The lowest BCUT2D eigenvalue weighted by Gasteiger charge is -2.36. The van der Waals surface area contributed by atoms with E-state index in [0.29, 0.717) is 19.0 Å². The first-order valence-corrected chi connectivity index (χ1v) is 8.18. The molecule has 100 valence electrons. The van der Waals surface area contributed by atoms with Gasteiger partial charge in [0.1, 0.15) is 0 Å². The predicted octanol–water partition coefficient (Wildman–Crippen LogP) is 1.14. The molecule has 2 fully saturated rings. The van der Waals surface area contributed by atoms with Crippen LogP contribution in [0.15, 0.2) is 0 Å². The number of hydrogen-bond acceptors (Lipinski definition) is 3. The Labute approximate surface area is 105 Å². The average Bonchev–Trinajstić information content (AvgIpc) is 2.30. The lowest BCUT2D eigenvalue weighted by atomic mass is 9.91. The van der Waals surface area contributed by atoms with Crippen LogP contribution >= 0.6 is 0 Å². The molecule has 1 saturated carbocycles. The number of sulfonamides is 1. The summed E-state index contributed by atoms with van der Waals surface area (Å²) in [5, 5.41) is -0.109. The molecule has 0 aromatic heterocycles. The molecular weight excluding hydrogens is 236 g/mol. The van der Waals surface area contributed by atoms with E-state index in [9.17, 15) is 8.42 Å². The van der Waals surface area contributed by atoms with Crippen molar-refractivity contribution in [2.75, 3.05) is 33.2 Å². The van der Waals surface area contributed by atoms with Gasteiger partial charge in [0.15, 0.2) is 0 Å². The normalized spacial score (nSPS) is 33.8. The molecule has 0 N–H and O–H groups in total. The fraction of sp³-hybridized carbons (Fsp3) is 1.00. The Balaban J connectivity index is 1.98. The molecular formula is C12H24N2O2S. The minimum absolute atomic E-state index is 0.109. The molecule has 0 bridgehead atoms. The second-order valence-corrected chi connectivity index (χ2v) is 7.84. The van der Waals surface area contributed by atoms with Crippen molar-refractivity contribution in [2.45, 2.75) is 37.9 Å². The number of likely N-dealkylation sites (N-methyl/N-ethyl adjacent to an activating group) is 1. The fourth-order valence-electron chi connectivity index (χ4n) is 2.78. The van der Waals surface area contributed by atoms with E-state index in [4.69, 9.17) is 0 Å². The molecule has 0 amide bonds. The highest BCUT2D eigenvalue weighted by molar-refractivity contribution is 7.89. The summed E-state index contributed by atoms with van der Waals surface area (Å²) >= 11 is 0. The van der Waals surface area contributed by atoms with Crippen LogP contribution < -0.4 is 0 Å². The fourth-order valence-corrected chi connectivity index (χ4v) is 4.74. The number of nitrogens with zero attached hydrogens (tertiary/aromatic N) is 2. The first-order valence-electron chi connectivity index (χ1n) is 6.67. The van der Waals surface area contributed by atoms with Crippen LogP contribution in [-0.4, -0.2) is 56.1 Å². The van der Waals surface area contributed by atoms with E-state index in [0.717, 1.165) is 38.8 Å². The van der Waals surface area contributed by atoms with Gasteiger partial charge in [-0.25, -0.2) is 8.42 Å². The van der Waals surface area contributed by atoms with Gasteiger partial charge in [-0.05, 0) is 38.6 Å². The lowest BCUT2D eigenvalue weighted by molar-refractivity contribution is 0.219. The smallest absolute Gasteiger partial charge is 0.217 e. The SMILES string of the molecule is CC1CCC(S(=O)(=O)N2CCN(C)CC2)CC1. The lowest BCUT2D eigenvalue weighted by Crippen LogP contribution is -2.50. The third kappa shape index (κ3) is 3.01. The van der Waals surface area contributed by atoms with E-state index in [2.05, 4.69) is 11.8 Å². The third-order valence-corrected chi connectivity index (χ3v) is 6.61. The zero-order valence-corrected chi connectivity index (χ0v) is 11.7. The molecule has 4 nitrogen and oxygen atoms in total. The Kier molecular flexibility index (Phi) is 4.10. The molecule has 1 aliphatic heterocycles. The molecule has 0 aromatic carbocycles. The molecule has 0 spiro atoms. The molecule has 5 heteroatoms. The summed E-state index contributed by atoms with van der Waals surface area (Å²) in [6.07, 6.45) is 3.85. The third-order valence-electron chi connectivity index (χ3n) is 4.21. The molecule has 0 atom stereocenters. The summed E-state index contributed by atoms with van der Waals surface area (Å²) < 4.78 is 26.6. The van der Waals surface area contributed by atoms with Crippen molar-refractivity contribution in [1.29, 1.82) is 0 Å². The molecule has 1 saturated heterocycles. The molecule has 0 radical (unpaired) electrons. The van der Waals surface area contributed by atoms with E-state index in [1.165, 1.54) is 0 Å². The maximum Gasteiger partial charge on any atom is 0.217 e. The second kappa shape index (κ2) is 5.24. The van der Waals surface area contributed by atoms with E-state index in [1.54, 1.807) is 4.31 Å². The summed E-state index contributed by atoms with van der Waals surface area (Å²) in [4.78, 5) is 2.19. The Hall–Kier alpha value is -0.130. The molecule has 1 heterocycles. The van der Waals surface area contributed by atoms with Crippen molar-refractivity contribution in [3.05, 3.63) is 0 Å². The van der Waals surface area contributed by atoms with Gasteiger partial charge in [-0.3, -0.25) is 0 Å². The number of rotatable bonds is 2. The van der Waals surface area contributed by atoms with Crippen LogP contribution in [0.1, 0.15) is 32.6 Å². The average molecular weight is 260 g/mol. The van der Waals surface area contributed by atoms with Crippen molar-refractivity contribution in [3.63, 3.8) is 0 Å². The van der Waals surface area contributed by atoms with E-state index >= 15 is 0 Å². The highest BCUT2D eigenvalue weighted by Gasteiger charge is 2.35. The second-order valence-electron chi connectivity index (χ2n) is 5.63. The Morgan fingerprint density at radius 2 is 1.47 bits per heavy atom. The molecule has 1 aliphatic carbocycles. The number of hydrogen-bond donors (Lipinski definition) is 0. The molecule has 2 aliphatic rings. The van der Waals surface area contributed by atoms with Gasteiger partial charge < -0.3 is 4.90 Å². The Bertz CT molecular complexity index is 312. The summed E-state index contributed by atoms with van der Waals surface area (Å²) in [5.41, 5.74) is 0. The van der Waals surface area contributed by atoms with Gasteiger partial charge in [0, 0.05) is 26.2 Å². The van der Waals surface area contributed by atoms with Gasteiger partial charge in [-0.1, -0.05) is 6.92 Å². The predicted molar refractivity (Wildman–Crippen MR) is 69.4 cm³/mol. The molecule has 0 aromatic rings. The maximum atomic E-state index is 12.5. The van der Waals surface area contributed by atoms with Crippen LogP contribution in [0.3, 0.4) is 0 Å². The van der Waals surface area contributed by atoms with Crippen molar-refractivity contribution < 1.29 is 8.42 Å². The zero-order valence-electron chi connectivity index (χ0n) is 10.9. The molecule has 17 heavy (non-hydrogen) atoms. The first kappa shape index (κ1) is 13.3. The molecule has 0 unspecified atom stereocenters. The largest absolute Gasteiger partial charge is 0.304 e. The van der Waals surface area contributed by atoms with Gasteiger partial charge in [0.05, 0.1) is 5.25 Å². The van der Waals surface area contributed by atoms with Crippen molar-refractivity contribution >= 4 is 10.0 Å². The minimum atomic E-state index is -3.03. The van der Waals surface area contributed by atoms with E-state index in [1.807, 2.05) is 7.05 Å². The maximum absolute atomic E-state index is 12.5. The summed E-state index contributed by atoms with van der Waals surface area (Å²) in [7, 11) is -0.977. The summed E-state index contributed by atoms with van der Waals surface area (Å²) in [5.74, 6) is 0.703. The highest BCUT2D eigenvalue weighted by atomic mass is 32.2. The van der Waals surface area contributed by atoms with E-state index < -0.39 is 10.0 Å². The van der Waals surface area contributed by atoms with Crippen LogP contribution in [-0.2, 0) is 10.0 Å². The summed E-state index contributed by atoms with van der Waals surface area (Å²) in [6.45, 7) is 5.29. The first-order chi connectivity index (χ1) is 8.00. The Morgan fingerprint density at radius 1 is 0.941 bits per heavy atom. The zero-order chi connectivity index (χ0) is 12.5. The van der Waals surface area contributed by atoms with Crippen molar-refractivity contribution in [2.24, 2.45) is 5.92 Å². The Morgan fingerprint density at radius 3 is 2.00 bits per heavy atom. The van der Waals surface area contributed by atoms with Crippen LogP contribution in [0.4, 0.5) is 0 Å². The van der Waals surface area contributed by atoms with Gasteiger partial charge in [0.25, 0.3) is 0 Å². The highest BCUT2D eigenvalue weighted by Crippen LogP contribution is 2.29.